The summed E-state index contributed by atoms with van der Waals surface area (Å²) < 4.78 is 0.519. The fraction of sp³-hybridized carbons (Fsp3) is 0.571. The van der Waals surface area contributed by atoms with E-state index in [1.54, 1.807) is 12.1 Å². The molecule has 1 aliphatic rings. The first-order valence-electron chi connectivity index (χ1n) is 7.03. The Morgan fingerprint density at radius 1 is 1.45 bits per heavy atom. The van der Waals surface area contributed by atoms with Gasteiger partial charge in [0.2, 0.25) is 0 Å². The summed E-state index contributed by atoms with van der Waals surface area (Å²) in [7, 11) is 0. The maximum absolute atomic E-state index is 10.9. The Kier molecular flexibility index (Phi) is 5.37. The Morgan fingerprint density at radius 3 is 2.75 bits per heavy atom. The Bertz CT molecular complexity index is 473. The molecule has 1 fully saturated rings. The lowest BCUT2D eigenvalue weighted by atomic mass is 10.0. The van der Waals surface area contributed by atoms with Gasteiger partial charge in [-0.2, -0.15) is 0 Å². The number of anilines is 1. The zero-order valence-electron chi connectivity index (χ0n) is 11.6. The smallest absolute Gasteiger partial charge is 0.285 e. The van der Waals surface area contributed by atoms with Crippen molar-refractivity contribution in [3.05, 3.63) is 32.8 Å². The summed E-state index contributed by atoms with van der Waals surface area (Å²) in [6.07, 6.45) is 3.37. The van der Waals surface area contributed by atoms with Crippen molar-refractivity contribution in [2.45, 2.75) is 32.2 Å². The third-order valence-corrected chi connectivity index (χ3v) is 4.31. The van der Waals surface area contributed by atoms with Crippen LogP contribution in [0, 0.1) is 10.1 Å². The third kappa shape index (κ3) is 3.93. The maximum Gasteiger partial charge on any atom is 0.285 e. The molecule has 0 bridgehead atoms. The molecule has 1 aliphatic heterocycles. The van der Waals surface area contributed by atoms with E-state index in [4.69, 9.17) is 0 Å². The second-order valence-corrected chi connectivity index (χ2v) is 6.04. The first-order chi connectivity index (χ1) is 9.60. The van der Waals surface area contributed by atoms with Gasteiger partial charge in [0.15, 0.2) is 0 Å². The summed E-state index contributed by atoms with van der Waals surface area (Å²) in [6.45, 7) is 5.57. The van der Waals surface area contributed by atoms with E-state index < -0.39 is 0 Å². The van der Waals surface area contributed by atoms with Gasteiger partial charge in [-0.15, -0.1) is 0 Å². The summed E-state index contributed by atoms with van der Waals surface area (Å²) in [4.78, 5) is 13.0. The van der Waals surface area contributed by atoms with Crippen LogP contribution in [0.2, 0.25) is 0 Å². The number of piperidine rings is 1. The van der Waals surface area contributed by atoms with Gasteiger partial charge in [-0.3, -0.25) is 10.1 Å². The van der Waals surface area contributed by atoms with Gasteiger partial charge in [-0.25, -0.2) is 0 Å². The van der Waals surface area contributed by atoms with Crippen LogP contribution >= 0.6 is 15.9 Å². The van der Waals surface area contributed by atoms with Crippen molar-refractivity contribution < 1.29 is 4.92 Å². The van der Waals surface area contributed by atoms with Gasteiger partial charge >= 0.3 is 0 Å². The lowest BCUT2D eigenvalue weighted by Gasteiger charge is -2.32. The molecule has 20 heavy (non-hydrogen) atoms. The minimum atomic E-state index is -0.362. The number of benzene rings is 1. The number of hydrogen-bond donors (Lipinski definition) is 1. The van der Waals surface area contributed by atoms with Gasteiger partial charge in [0.05, 0.1) is 9.40 Å². The van der Waals surface area contributed by atoms with Crippen molar-refractivity contribution in [1.29, 1.82) is 0 Å². The van der Waals surface area contributed by atoms with Crippen LogP contribution in [0.15, 0.2) is 22.7 Å². The molecule has 1 aromatic rings. The molecule has 0 unspecified atom stereocenters. The van der Waals surface area contributed by atoms with E-state index >= 15 is 0 Å². The van der Waals surface area contributed by atoms with Crippen molar-refractivity contribution in [2.75, 3.05) is 25.0 Å². The molecule has 6 heteroatoms. The molecule has 5 nitrogen and oxygen atoms in total. The maximum atomic E-state index is 10.9. The first kappa shape index (κ1) is 15.3. The van der Waals surface area contributed by atoms with E-state index in [0.29, 0.717) is 10.5 Å². The first-order valence-corrected chi connectivity index (χ1v) is 7.82. The van der Waals surface area contributed by atoms with Gasteiger partial charge in [-0.1, -0.05) is 6.92 Å². The summed E-state index contributed by atoms with van der Waals surface area (Å²) in [5, 5.41) is 14.3. The summed E-state index contributed by atoms with van der Waals surface area (Å²) >= 11 is 3.21. The quantitative estimate of drug-likeness (QED) is 0.656. The van der Waals surface area contributed by atoms with Crippen molar-refractivity contribution in [3.63, 3.8) is 0 Å². The van der Waals surface area contributed by atoms with Crippen LogP contribution in [0.3, 0.4) is 0 Å². The molecular weight excluding hydrogens is 322 g/mol. The van der Waals surface area contributed by atoms with Crippen LogP contribution in [-0.4, -0.2) is 35.5 Å². The molecule has 1 aromatic carbocycles. The Morgan fingerprint density at radius 2 is 2.15 bits per heavy atom. The number of nitrogens with one attached hydrogen (secondary N) is 1. The highest BCUT2D eigenvalue weighted by atomic mass is 79.9. The Balaban J connectivity index is 1.94. The van der Waals surface area contributed by atoms with Crippen LogP contribution in [0.25, 0.3) is 0 Å². The van der Waals surface area contributed by atoms with Gasteiger partial charge in [0, 0.05) is 30.9 Å². The Labute approximate surface area is 127 Å². The zero-order chi connectivity index (χ0) is 14.5. The fourth-order valence-corrected chi connectivity index (χ4v) is 2.99. The predicted octanol–water partition coefficient (Wildman–Crippen LogP) is 3.64. The van der Waals surface area contributed by atoms with E-state index in [0.717, 1.165) is 38.2 Å². The standard InChI is InChI=1S/C14H20BrN3O2/c1-2-7-17-8-5-11(6-9-17)16-12-3-4-13(15)14(10-12)18(19)20/h3-4,10-11,16H,2,5-9H2,1H3. The second-order valence-electron chi connectivity index (χ2n) is 5.18. The molecule has 2 rings (SSSR count). The third-order valence-electron chi connectivity index (χ3n) is 3.64. The average molecular weight is 342 g/mol. The SMILES string of the molecule is CCCN1CCC(Nc2ccc(Br)c([N+](=O)[O-])c2)CC1. The molecule has 1 saturated heterocycles. The molecule has 0 saturated carbocycles. The van der Waals surface area contributed by atoms with Crippen LogP contribution in [0.4, 0.5) is 11.4 Å². The number of nitro benzene ring substituents is 1. The molecule has 0 aromatic heterocycles. The van der Waals surface area contributed by atoms with E-state index in [1.807, 2.05) is 6.07 Å². The molecule has 1 N–H and O–H groups in total. The lowest BCUT2D eigenvalue weighted by molar-refractivity contribution is -0.385. The number of rotatable bonds is 5. The van der Waals surface area contributed by atoms with Gasteiger partial charge in [0.25, 0.3) is 5.69 Å². The zero-order valence-corrected chi connectivity index (χ0v) is 13.2. The van der Waals surface area contributed by atoms with Crippen molar-refractivity contribution >= 4 is 27.3 Å². The van der Waals surface area contributed by atoms with Crippen LogP contribution in [0.1, 0.15) is 26.2 Å². The van der Waals surface area contributed by atoms with E-state index in [2.05, 4.69) is 33.1 Å². The highest BCUT2D eigenvalue weighted by Gasteiger charge is 2.19. The van der Waals surface area contributed by atoms with Crippen molar-refractivity contribution in [2.24, 2.45) is 0 Å². The van der Waals surface area contributed by atoms with Crippen LogP contribution in [0.5, 0.6) is 0 Å². The molecule has 0 aliphatic carbocycles. The summed E-state index contributed by atoms with van der Waals surface area (Å²) in [5.74, 6) is 0. The van der Waals surface area contributed by atoms with E-state index in [-0.39, 0.29) is 10.6 Å². The molecule has 0 atom stereocenters. The number of halogens is 1. The normalized spacial score (nSPS) is 17.1. The van der Waals surface area contributed by atoms with E-state index in [1.165, 1.54) is 6.42 Å². The molecular formula is C14H20BrN3O2. The monoisotopic (exact) mass is 341 g/mol. The van der Waals surface area contributed by atoms with Crippen molar-refractivity contribution in [3.8, 4) is 0 Å². The number of hydrogen-bond acceptors (Lipinski definition) is 4. The minimum absolute atomic E-state index is 0.110. The Hall–Kier alpha value is -1.14. The second kappa shape index (κ2) is 7.04. The summed E-state index contributed by atoms with van der Waals surface area (Å²) in [5.41, 5.74) is 0.937. The fourth-order valence-electron chi connectivity index (χ4n) is 2.60. The van der Waals surface area contributed by atoms with Gasteiger partial charge < -0.3 is 10.2 Å². The van der Waals surface area contributed by atoms with Crippen molar-refractivity contribution in [1.82, 2.24) is 4.90 Å². The van der Waals surface area contributed by atoms with Crippen LogP contribution in [-0.2, 0) is 0 Å². The molecule has 110 valence electrons. The van der Waals surface area contributed by atoms with E-state index in [9.17, 15) is 10.1 Å². The highest BCUT2D eigenvalue weighted by molar-refractivity contribution is 9.10. The highest BCUT2D eigenvalue weighted by Crippen LogP contribution is 2.28. The molecule has 0 spiro atoms. The number of nitro groups is 1. The van der Waals surface area contributed by atoms with Gasteiger partial charge in [-0.05, 0) is 53.9 Å². The van der Waals surface area contributed by atoms with Crippen LogP contribution < -0.4 is 5.32 Å². The lowest BCUT2D eigenvalue weighted by Crippen LogP contribution is -2.39. The van der Waals surface area contributed by atoms with Gasteiger partial charge in [0.1, 0.15) is 0 Å². The topological polar surface area (TPSA) is 58.4 Å². The molecule has 1 heterocycles. The minimum Gasteiger partial charge on any atom is -0.382 e. The predicted molar refractivity (Wildman–Crippen MR) is 84.2 cm³/mol. The number of nitrogens with zero attached hydrogens (tertiary/aromatic N) is 2. The number of likely N-dealkylation sites (tertiary alicyclic amines) is 1. The molecule has 0 radical (unpaired) electrons. The largest absolute Gasteiger partial charge is 0.382 e. The molecule has 0 amide bonds. The average Bonchev–Trinajstić information content (AvgIpc) is 2.43. The summed E-state index contributed by atoms with van der Waals surface area (Å²) in [6, 6.07) is 5.62.